The summed E-state index contributed by atoms with van der Waals surface area (Å²) in [5.41, 5.74) is 12.4. The van der Waals surface area contributed by atoms with Crippen molar-refractivity contribution >= 4 is 33.0 Å². The summed E-state index contributed by atoms with van der Waals surface area (Å²) in [5, 5.41) is 0.913. The molecule has 0 fully saturated rings. The number of rotatable bonds is 3. The predicted octanol–water partition coefficient (Wildman–Crippen LogP) is 5.05. The van der Waals surface area contributed by atoms with Gasteiger partial charge in [-0.2, -0.15) is 0 Å². The zero-order valence-electron chi connectivity index (χ0n) is 15.3. The Balaban J connectivity index is 1.79. The van der Waals surface area contributed by atoms with Gasteiger partial charge in [-0.25, -0.2) is 4.98 Å². The van der Waals surface area contributed by atoms with Crippen molar-refractivity contribution in [2.45, 2.75) is 25.7 Å². The van der Waals surface area contributed by atoms with E-state index in [1.807, 2.05) is 42.5 Å². The Labute approximate surface area is 167 Å². The minimum atomic E-state index is -0.0419. The number of nitrogens with two attached hydrogens (primary N) is 1. The third-order valence-electron chi connectivity index (χ3n) is 5.36. The molecule has 4 aromatic rings. The number of aryl methyl sites for hydroxylation is 1. The number of thiophene rings is 1. The second-order valence-electron chi connectivity index (χ2n) is 7.08. The smallest absolute Gasteiger partial charge is 0.205 e. The summed E-state index contributed by atoms with van der Waals surface area (Å²) in [6, 6.07) is 13.3. The second kappa shape index (κ2) is 6.84. The number of hydrogen-bond donors (Lipinski definition) is 1. The molecule has 0 saturated heterocycles. The average molecular weight is 385 g/mol. The first-order valence-electron chi connectivity index (χ1n) is 9.48. The highest BCUT2D eigenvalue weighted by atomic mass is 32.1. The highest BCUT2D eigenvalue weighted by Gasteiger charge is 2.26. The quantitative estimate of drug-likeness (QED) is 0.501. The molecule has 28 heavy (non-hydrogen) atoms. The molecule has 0 radical (unpaired) electrons. The minimum absolute atomic E-state index is 0.0419. The van der Waals surface area contributed by atoms with Gasteiger partial charge in [0.05, 0.1) is 5.69 Å². The average Bonchev–Trinajstić information content (AvgIpc) is 3.08. The SMILES string of the molecule is Nc1c(C(=O)c2ccccc2)sc2nc3c(c(-c4ccncc4)c12)CCCC3. The topological polar surface area (TPSA) is 68.9 Å². The van der Waals surface area contributed by atoms with Crippen molar-refractivity contribution in [3.63, 3.8) is 0 Å². The lowest BCUT2D eigenvalue weighted by Crippen LogP contribution is -2.08. The Morgan fingerprint density at radius 2 is 1.75 bits per heavy atom. The zero-order chi connectivity index (χ0) is 19.1. The van der Waals surface area contributed by atoms with Crippen molar-refractivity contribution in [1.29, 1.82) is 0 Å². The number of nitrogen functional groups attached to an aromatic ring is 1. The standard InChI is InChI=1S/C23H19N3OS/c24-20-19-18(14-10-12-25-13-11-14)16-8-4-5-9-17(16)26-23(19)28-22(20)21(27)15-6-2-1-3-7-15/h1-3,6-7,10-13H,4-5,8-9,24H2. The first-order chi connectivity index (χ1) is 13.7. The molecule has 0 unspecified atom stereocenters. The maximum Gasteiger partial charge on any atom is 0.205 e. The lowest BCUT2D eigenvalue weighted by atomic mass is 9.87. The van der Waals surface area contributed by atoms with E-state index in [0.717, 1.165) is 52.7 Å². The Bertz CT molecular complexity index is 1180. The number of carbonyl (C=O) groups is 1. The van der Waals surface area contributed by atoms with Crippen LogP contribution in [-0.2, 0) is 12.8 Å². The number of anilines is 1. The number of ketones is 1. The third-order valence-corrected chi connectivity index (χ3v) is 6.46. The van der Waals surface area contributed by atoms with Gasteiger partial charge in [0.15, 0.2) is 0 Å². The van der Waals surface area contributed by atoms with E-state index in [1.54, 1.807) is 12.4 Å². The molecule has 1 aliphatic carbocycles. The van der Waals surface area contributed by atoms with E-state index < -0.39 is 0 Å². The van der Waals surface area contributed by atoms with Crippen LogP contribution in [0, 0.1) is 0 Å². The maximum atomic E-state index is 13.1. The van der Waals surface area contributed by atoms with Gasteiger partial charge in [-0.1, -0.05) is 30.3 Å². The van der Waals surface area contributed by atoms with E-state index in [1.165, 1.54) is 16.9 Å². The molecule has 0 saturated carbocycles. The molecule has 5 heteroatoms. The number of aromatic nitrogens is 2. The number of hydrogen-bond acceptors (Lipinski definition) is 5. The lowest BCUT2D eigenvalue weighted by Gasteiger charge is -2.20. The largest absolute Gasteiger partial charge is 0.397 e. The first-order valence-corrected chi connectivity index (χ1v) is 10.3. The highest BCUT2D eigenvalue weighted by molar-refractivity contribution is 7.21. The molecule has 3 aromatic heterocycles. The first kappa shape index (κ1) is 17.1. The Morgan fingerprint density at radius 1 is 1.00 bits per heavy atom. The molecular weight excluding hydrogens is 366 g/mol. The molecule has 1 aromatic carbocycles. The van der Waals surface area contributed by atoms with Gasteiger partial charge in [-0.05, 0) is 54.5 Å². The molecule has 0 aliphatic heterocycles. The fourth-order valence-electron chi connectivity index (χ4n) is 4.03. The van der Waals surface area contributed by atoms with Crippen LogP contribution in [0.4, 0.5) is 5.69 Å². The minimum Gasteiger partial charge on any atom is -0.397 e. The van der Waals surface area contributed by atoms with Gasteiger partial charge >= 0.3 is 0 Å². The lowest BCUT2D eigenvalue weighted by molar-refractivity contribution is 0.104. The summed E-state index contributed by atoms with van der Waals surface area (Å²) < 4.78 is 0. The van der Waals surface area contributed by atoms with Gasteiger partial charge in [0, 0.05) is 29.0 Å². The van der Waals surface area contributed by atoms with Crippen molar-refractivity contribution in [1.82, 2.24) is 9.97 Å². The molecule has 5 rings (SSSR count). The van der Waals surface area contributed by atoms with Crippen molar-refractivity contribution in [2.24, 2.45) is 0 Å². The highest BCUT2D eigenvalue weighted by Crippen LogP contribution is 2.44. The van der Waals surface area contributed by atoms with Crippen molar-refractivity contribution in [3.05, 3.63) is 76.6 Å². The number of carbonyl (C=O) groups excluding carboxylic acids is 1. The Hall–Kier alpha value is -3.05. The van der Waals surface area contributed by atoms with Crippen LogP contribution in [0.15, 0.2) is 54.9 Å². The fraction of sp³-hybridized carbons (Fsp3) is 0.174. The predicted molar refractivity (Wildman–Crippen MR) is 114 cm³/mol. The molecule has 0 bridgehead atoms. The van der Waals surface area contributed by atoms with E-state index in [-0.39, 0.29) is 5.78 Å². The molecule has 3 heterocycles. The van der Waals surface area contributed by atoms with Crippen molar-refractivity contribution in [3.8, 4) is 11.1 Å². The number of fused-ring (bicyclic) bond motifs is 2. The summed E-state index contributed by atoms with van der Waals surface area (Å²) in [6.45, 7) is 0. The van der Waals surface area contributed by atoms with Crippen LogP contribution in [0.5, 0.6) is 0 Å². The monoisotopic (exact) mass is 385 g/mol. The normalized spacial score (nSPS) is 13.4. The molecule has 2 N–H and O–H groups in total. The second-order valence-corrected chi connectivity index (χ2v) is 8.07. The molecular formula is C23H19N3OS. The van der Waals surface area contributed by atoms with Crippen LogP contribution >= 0.6 is 11.3 Å². The summed E-state index contributed by atoms with van der Waals surface area (Å²) in [4.78, 5) is 23.6. The van der Waals surface area contributed by atoms with Crippen LogP contribution in [0.3, 0.4) is 0 Å². The molecule has 138 valence electrons. The van der Waals surface area contributed by atoms with Gasteiger partial charge in [-0.15, -0.1) is 11.3 Å². The van der Waals surface area contributed by atoms with E-state index in [0.29, 0.717) is 16.1 Å². The molecule has 4 nitrogen and oxygen atoms in total. The van der Waals surface area contributed by atoms with E-state index in [9.17, 15) is 4.79 Å². The van der Waals surface area contributed by atoms with Gasteiger partial charge in [0.2, 0.25) is 5.78 Å². The molecule has 0 atom stereocenters. The summed E-state index contributed by atoms with van der Waals surface area (Å²) >= 11 is 1.41. The molecule has 1 aliphatic rings. The van der Waals surface area contributed by atoms with E-state index in [2.05, 4.69) is 4.98 Å². The number of nitrogens with zero attached hydrogens (tertiary/aromatic N) is 2. The third kappa shape index (κ3) is 2.70. The van der Waals surface area contributed by atoms with Crippen LogP contribution in [0.1, 0.15) is 39.3 Å². The Morgan fingerprint density at radius 3 is 2.54 bits per heavy atom. The van der Waals surface area contributed by atoms with Crippen molar-refractivity contribution < 1.29 is 4.79 Å². The van der Waals surface area contributed by atoms with Crippen molar-refractivity contribution in [2.75, 3.05) is 5.73 Å². The fourth-order valence-corrected chi connectivity index (χ4v) is 5.12. The van der Waals surface area contributed by atoms with Crippen LogP contribution in [0.25, 0.3) is 21.3 Å². The summed E-state index contributed by atoms with van der Waals surface area (Å²) in [5.74, 6) is -0.0419. The Kier molecular flexibility index (Phi) is 4.17. The number of benzene rings is 1. The van der Waals surface area contributed by atoms with Crippen LogP contribution in [-0.4, -0.2) is 15.8 Å². The van der Waals surface area contributed by atoms with Crippen LogP contribution < -0.4 is 5.73 Å². The van der Waals surface area contributed by atoms with Gasteiger partial charge in [0.25, 0.3) is 0 Å². The number of pyridine rings is 2. The van der Waals surface area contributed by atoms with Gasteiger partial charge in [-0.3, -0.25) is 9.78 Å². The molecule has 0 amide bonds. The summed E-state index contributed by atoms with van der Waals surface area (Å²) in [7, 11) is 0. The summed E-state index contributed by atoms with van der Waals surface area (Å²) in [6.07, 6.45) is 7.87. The van der Waals surface area contributed by atoms with Crippen LogP contribution in [0.2, 0.25) is 0 Å². The van der Waals surface area contributed by atoms with E-state index >= 15 is 0 Å². The molecule has 0 spiro atoms. The van der Waals surface area contributed by atoms with E-state index in [4.69, 9.17) is 10.7 Å². The van der Waals surface area contributed by atoms with Gasteiger partial charge in [0.1, 0.15) is 9.71 Å². The zero-order valence-corrected chi connectivity index (χ0v) is 16.1. The maximum absolute atomic E-state index is 13.1. The van der Waals surface area contributed by atoms with Gasteiger partial charge < -0.3 is 5.73 Å².